The van der Waals surface area contributed by atoms with Crippen LogP contribution in [0.3, 0.4) is 0 Å². The molecule has 0 aromatic carbocycles. The van der Waals surface area contributed by atoms with Crippen LogP contribution in [-0.4, -0.2) is 44.8 Å². The lowest BCUT2D eigenvalue weighted by Crippen LogP contribution is -2.49. The van der Waals surface area contributed by atoms with E-state index >= 15 is 0 Å². The largest absolute Gasteiger partial charge is 0.384 e. The highest BCUT2D eigenvalue weighted by molar-refractivity contribution is 7.10. The number of fused-ring (bicyclic) bond motifs is 1. The molecule has 1 aromatic rings. The third kappa shape index (κ3) is 2.80. The van der Waals surface area contributed by atoms with E-state index < -0.39 is 0 Å². The molecule has 1 saturated heterocycles. The number of nitrogens with one attached hydrogen (secondary N) is 1. The lowest BCUT2D eigenvalue weighted by Gasteiger charge is -2.44. The van der Waals surface area contributed by atoms with Crippen LogP contribution in [0.15, 0.2) is 11.4 Å². The minimum Gasteiger partial charge on any atom is -0.384 e. The maximum absolute atomic E-state index is 5.56. The first-order valence-corrected chi connectivity index (χ1v) is 8.62. The Bertz CT molecular complexity index is 434. The molecular formula is C16H26N2OS. The lowest BCUT2D eigenvalue weighted by molar-refractivity contribution is 0.0103. The van der Waals surface area contributed by atoms with E-state index in [0.717, 1.165) is 19.7 Å². The average Bonchev–Trinajstić information content (AvgIpc) is 2.93. The van der Waals surface area contributed by atoms with Crippen LogP contribution in [0.4, 0.5) is 0 Å². The molecule has 0 spiro atoms. The molecule has 3 nitrogen and oxygen atoms in total. The summed E-state index contributed by atoms with van der Waals surface area (Å²) in [5.41, 5.74) is 1.91. The zero-order valence-corrected chi connectivity index (χ0v) is 13.5. The van der Waals surface area contributed by atoms with Gasteiger partial charge in [0, 0.05) is 36.5 Å². The number of hydrogen-bond acceptors (Lipinski definition) is 4. The summed E-state index contributed by atoms with van der Waals surface area (Å²) in [5.74, 6) is 0. The molecule has 0 saturated carbocycles. The van der Waals surface area contributed by atoms with Crippen molar-refractivity contribution in [2.45, 2.75) is 32.2 Å². The van der Waals surface area contributed by atoms with E-state index in [4.69, 9.17) is 4.74 Å². The van der Waals surface area contributed by atoms with Crippen molar-refractivity contribution in [3.8, 4) is 0 Å². The van der Waals surface area contributed by atoms with Gasteiger partial charge in [0.05, 0.1) is 6.61 Å². The minimum absolute atomic E-state index is 0.349. The third-order valence-electron chi connectivity index (χ3n) is 5.06. The van der Waals surface area contributed by atoms with Crippen molar-refractivity contribution in [1.29, 1.82) is 0 Å². The quantitative estimate of drug-likeness (QED) is 0.924. The number of hydrogen-bond donors (Lipinski definition) is 1. The Morgan fingerprint density at radius 2 is 2.25 bits per heavy atom. The van der Waals surface area contributed by atoms with Gasteiger partial charge in [-0.25, -0.2) is 0 Å². The Morgan fingerprint density at radius 1 is 1.45 bits per heavy atom. The second-order valence-corrected chi connectivity index (χ2v) is 7.38. The summed E-state index contributed by atoms with van der Waals surface area (Å²) in [5, 5.41) is 5.74. The average molecular weight is 294 g/mol. The lowest BCUT2D eigenvalue weighted by atomic mass is 9.78. The first-order valence-electron chi connectivity index (χ1n) is 7.74. The number of piperidine rings is 1. The zero-order valence-electron chi connectivity index (χ0n) is 12.7. The van der Waals surface area contributed by atoms with Crippen LogP contribution in [0.2, 0.25) is 0 Å². The van der Waals surface area contributed by atoms with E-state index in [-0.39, 0.29) is 0 Å². The number of rotatable bonds is 4. The van der Waals surface area contributed by atoms with Crippen LogP contribution < -0.4 is 5.32 Å². The van der Waals surface area contributed by atoms with Gasteiger partial charge in [0.2, 0.25) is 0 Å². The van der Waals surface area contributed by atoms with Gasteiger partial charge in [0.1, 0.15) is 0 Å². The molecule has 0 bridgehead atoms. The SMILES string of the molecule is COCC1(CN2CCc3sccc3C2C)CCNCC1. The van der Waals surface area contributed by atoms with E-state index in [1.54, 1.807) is 10.4 Å². The monoisotopic (exact) mass is 294 g/mol. The second-order valence-electron chi connectivity index (χ2n) is 6.38. The van der Waals surface area contributed by atoms with Crippen LogP contribution in [0.25, 0.3) is 0 Å². The van der Waals surface area contributed by atoms with Crippen LogP contribution in [0.5, 0.6) is 0 Å². The van der Waals surface area contributed by atoms with Crippen molar-refractivity contribution < 1.29 is 4.74 Å². The summed E-state index contributed by atoms with van der Waals surface area (Å²) in [7, 11) is 1.85. The van der Waals surface area contributed by atoms with Crippen LogP contribution >= 0.6 is 11.3 Å². The maximum Gasteiger partial charge on any atom is 0.0531 e. The number of ether oxygens (including phenoxy) is 1. The molecule has 112 valence electrons. The molecule has 2 aliphatic rings. The summed E-state index contributed by atoms with van der Waals surface area (Å²) < 4.78 is 5.56. The van der Waals surface area contributed by atoms with Gasteiger partial charge < -0.3 is 10.1 Å². The highest BCUT2D eigenvalue weighted by Crippen LogP contribution is 2.37. The van der Waals surface area contributed by atoms with Crippen molar-refractivity contribution in [3.05, 3.63) is 21.9 Å². The Labute approximate surface area is 126 Å². The Balaban J connectivity index is 1.73. The van der Waals surface area contributed by atoms with Gasteiger partial charge in [-0.1, -0.05) is 0 Å². The zero-order chi connectivity index (χ0) is 14.0. The summed E-state index contributed by atoms with van der Waals surface area (Å²) >= 11 is 1.93. The molecule has 1 atom stereocenters. The van der Waals surface area contributed by atoms with Crippen molar-refractivity contribution in [2.24, 2.45) is 5.41 Å². The molecule has 0 radical (unpaired) electrons. The third-order valence-corrected chi connectivity index (χ3v) is 6.05. The fraction of sp³-hybridized carbons (Fsp3) is 0.750. The first-order chi connectivity index (χ1) is 9.74. The van der Waals surface area contributed by atoms with Gasteiger partial charge in [-0.15, -0.1) is 11.3 Å². The number of methoxy groups -OCH3 is 1. The topological polar surface area (TPSA) is 24.5 Å². The van der Waals surface area contributed by atoms with E-state index in [1.165, 1.54) is 32.4 Å². The number of nitrogens with zero attached hydrogens (tertiary/aromatic N) is 1. The van der Waals surface area contributed by atoms with Crippen molar-refractivity contribution in [2.75, 3.05) is 39.9 Å². The van der Waals surface area contributed by atoms with Gasteiger partial charge in [-0.3, -0.25) is 4.90 Å². The normalized spacial score (nSPS) is 26.4. The molecule has 2 aliphatic heterocycles. The van der Waals surface area contributed by atoms with Gasteiger partial charge in [0.25, 0.3) is 0 Å². The summed E-state index contributed by atoms with van der Waals surface area (Å²) in [6.45, 7) is 7.91. The predicted octanol–water partition coefficient (Wildman–Crippen LogP) is 2.68. The van der Waals surface area contributed by atoms with E-state index in [9.17, 15) is 0 Å². The summed E-state index contributed by atoms with van der Waals surface area (Å²) in [6.07, 6.45) is 3.69. The number of thiophene rings is 1. The van der Waals surface area contributed by atoms with Crippen LogP contribution in [0, 0.1) is 5.41 Å². The second kappa shape index (κ2) is 6.14. The van der Waals surface area contributed by atoms with E-state index in [1.807, 2.05) is 18.4 Å². The molecular weight excluding hydrogens is 268 g/mol. The van der Waals surface area contributed by atoms with Gasteiger partial charge in [-0.05, 0) is 56.3 Å². The van der Waals surface area contributed by atoms with Crippen molar-refractivity contribution in [1.82, 2.24) is 10.2 Å². The van der Waals surface area contributed by atoms with Crippen molar-refractivity contribution >= 4 is 11.3 Å². The fourth-order valence-electron chi connectivity index (χ4n) is 3.82. The van der Waals surface area contributed by atoms with E-state index in [0.29, 0.717) is 11.5 Å². The molecule has 1 fully saturated rings. The van der Waals surface area contributed by atoms with Gasteiger partial charge in [-0.2, -0.15) is 0 Å². The van der Waals surface area contributed by atoms with Crippen LogP contribution in [-0.2, 0) is 11.2 Å². The highest BCUT2D eigenvalue weighted by Gasteiger charge is 2.36. The molecule has 1 unspecified atom stereocenters. The molecule has 3 heterocycles. The minimum atomic E-state index is 0.349. The fourth-order valence-corrected chi connectivity index (χ4v) is 4.78. The molecule has 0 aliphatic carbocycles. The molecule has 4 heteroatoms. The smallest absolute Gasteiger partial charge is 0.0531 e. The highest BCUT2D eigenvalue weighted by atomic mass is 32.1. The van der Waals surface area contributed by atoms with E-state index in [2.05, 4.69) is 28.6 Å². The van der Waals surface area contributed by atoms with Crippen LogP contribution in [0.1, 0.15) is 36.2 Å². The molecule has 1 N–H and O–H groups in total. The standard InChI is InChI=1S/C16H26N2OS/c1-13-14-4-10-20-15(14)3-9-18(13)11-16(12-19-2)5-7-17-8-6-16/h4,10,13,17H,3,5-9,11-12H2,1-2H3. The predicted molar refractivity (Wildman–Crippen MR) is 84.4 cm³/mol. The molecule has 0 amide bonds. The van der Waals surface area contributed by atoms with Gasteiger partial charge in [0.15, 0.2) is 0 Å². The summed E-state index contributed by atoms with van der Waals surface area (Å²) in [6, 6.07) is 2.89. The molecule has 3 rings (SSSR count). The summed E-state index contributed by atoms with van der Waals surface area (Å²) in [4.78, 5) is 4.28. The van der Waals surface area contributed by atoms with Crippen molar-refractivity contribution in [3.63, 3.8) is 0 Å². The Morgan fingerprint density at radius 3 is 3.00 bits per heavy atom. The Hall–Kier alpha value is -0.420. The molecule has 1 aromatic heterocycles. The molecule has 20 heavy (non-hydrogen) atoms. The maximum atomic E-state index is 5.56. The Kier molecular flexibility index (Phi) is 4.46. The van der Waals surface area contributed by atoms with Gasteiger partial charge >= 0.3 is 0 Å². The first kappa shape index (κ1) is 14.5.